The van der Waals surface area contributed by atoms with E-state index in [1.807, 2.05) is 24.3 Å². The number of hydrogen-bond acceptors (Lipinski definition) is 3. The van der Waals surface area contributed by atoms with Gasteiger partial charge in [-0.15, -0.1) is 0 Å². The zero-order valence-corrected chi connectivity index (χ0v) is 14.6. The van der Waals surface area contributed by atoms with E-state index in [1.165, 1.54) is 0 Å². The van der Waals surface area contributed by atoms with E-state index < -0.39 is 0 Å². The molecule has 3 rings (SSSR count). The Hall–Kier alpha value is -2.40. The normalized spacial score (nSPS) is 16.9. The largest absolute Gasteiger partial charge is 0.356 e. The summed E-state index contributed by atoms with van der Waals surface area (Å²) in [4.78, 5) is 30.4. The van der Waals surface area contributed by atoms with E-state index in [2.05, 4.69) is 10.3 Å². The van der Waals surface area contributed by atoms with E-state index in [4.69, 9.17) is 11.6 Å². The fourth-order valence-electron chi connectivity index (χ4n) is 2.95. The number of carbonyl (C=O) groups is 2. The molecule has 1 aromatic carbocycles. The molecule has 0 spiro atoms. The van der Waals surface area contributed by atoms with Gasteiger partial charge in [0.25, 0.3) is 0 Å². The SMILES string of the molecule is O=C(NCCCc1ccccn1)C1CC(=O)N(c2cccc(Cl)c2)C1. The lowest BCUT2D eigenvalue weighted by Gasteiger charge is -2.17. The first-order chi connectivity index (χ1) is 12.1. The summed E-state index contributed by atoms with van der Waals surface area (Å²) in [5.74, 6) is -0.434. The molecule has 1 aromatic heterocycles. The maximum absolute atomic E-state index is 12.3. The predicted octanol–water partition coefficient (Wildman–Crippen LogP) is 2.84. The minimum Gasteiger partial charge on any atom is -0.356 e. The summed E-state index contributed by atoms with van der Waals surface area (Å²) >= 11 is 5.98. The Kier molecular flexibility index (Phi) is 5.66. The number of aryl methyl sites for hydroxylation is 1. The molecule has 0 radical (unpaired) electrons. The molecule has 5 nitrogen and oxygen atoms in total. The second-order valence-electron chi connectivity index (χ2n) is 6.10. The number of halogens is 1. The molecule has 6 heteroatoms. The molecule has 2 heterocycles. The molecular weight excluding hydrogens is 338 g/mol. The van der Waals surface area contributed by atoms with Crippen LogP contribution in [0, 0.1) is 5.92 Å². The number of pyridine rings is 1. The van der Waals surface area contributed by atoms with Crippen molar-refractivity contribution in [2.24, 2.45) is 5.92 Å². The van der Waals surface area contributed by atoms with Crippen LogP contribution >= 0.6 is 11.6 Å². The van der Waals surface area contributed by atoms with Gasteiger partial charge in [-0.1, -0.05) is 23.7 Å². The molecule has 0 aliphatic carbocycles. The van der Waals surface area contributed by atoms with E-state index in [-0.39, 0.29) is 24.2 Å². The number of rotatable bonds is 6. The molecule has 0 saturated carbocycles. The lowest BCUT2D eigenvalue weighted by molar-refractivity contribution is -0.126. The van der Waals surface area contributed by atoms with Crippen molar-refractivity contribution in [1.29, 1.82) is 0 Å². The Bertz CT molecular complexity index is 751. The average Bonchev–Trinajstić information content (AvgIpc) is 3.01. The first-order valence-corrected chi connectivity index (χ1v) is 8.75. The summed E-state index contributed by atoms with van der Waals surface area (Å²) < 4.78 is 0. The summed E-state index contributed by atoms with van der Waals surface area (Å²) in [6, 6.07) is 12.9. The second kappa shape index (κ2) is 8.12. The van der Waals surface area contributed by atoms with E-state index in [9.17, 15) is 9.59 Å². The Labute approximate surface area is 152 Å². The van der Waals surface area contributed by atoms with Gasteiger partial charge in [-0.25, -0.2) is 0 Å². The minimum atomic E-state index is -0.318. The highest BCUT2D eigenvalue weighted by molar-refractivity contribution is 6.30. The van der Waals surface area contributed by atoms with Gasteiger partial charge < -0.3 is 10.2 Å². The van der Waals surface area contributed by atoms with E-state index >= 15 is 0 Å². The molecule has 0 bridgehead atoms. The first kappa shape index (κ1) is 17.4. The molecule has 1 unspecified atom stereocenters. The minimum absolute atomic E-state index is 0.0455. The summed E-state index contributed by atoms with van der Waals surface area (Å²) in [5.41, 5.74) is 1.75. The Morgan fingerprint density at radius 1 is 1.28 bits per heavy atom. The lowest BCUT2D eigenvalue weighted by Crippen LogP contribution is -2.33. The smallest absolute Gasteiger partial charge is 0.227 e. The summed E-state index contributed by atoms with van der Waals surface area (Å²) in [6.45, 7) is 0.975. The van der Waals surface area contributed by atoms with E-state index in [0.29, 0.717) is 18.1 Å². The molecule has 25 heavy (non-hydrogen) atoms. The summed E-state index contributed by atoms with van der Waals surface area (Å²) in [7, 11) is 0. The average molecular weight is 358 g/mol. The lowest BCUT2D eigenvalue weighted by atomic mass is 10.1. The number of nitrogens with zero attached hydrogens (tertiary/aromatic N) is 2. The summed E-state index contributed by atoms with van der Waals surface area (Å²) in [6.07, 6.45) is 3.64. The van der Waals surface area contributed by atoms with Gasteiger partial charge in [-0.05, 0) is 43.2 Å². The van der Waals surface area contributed by atoms with Gasteiger partial charge in [-0.3, -0.25) is 14.6 Å². The quantitative estimate of drug-likeness (QED) is 0.808. The van der Waals surface area contributed by atoms with Gasteiger partial charge in [0.2, 0.25) is 11.8 Å². The van der Waals surface area contributed by atoms with Crippen LogP contribution in [0.4, 0.5) is 5.69 Å². The monoisotopic (exact) mass is 357 g/mol. The molecule has 1 N–H and O–H groups in total. The van der Waals surface area contributed by atoms with E-state index in [1.54, 1.807) is 29.3 Å². The number of carbonyl (C=O) groups excluding carboxylic acids is 2. The van der Waals surface area contributed by atoms with Crippen molar-refractivity contribution in [3.8, 4) is 0 Å². The van der Waals surface area contributed by atoms with Crippen LogP contribution in [0.15, 0.2) is 48.7 Å². The molecule has 1 atom stereocenters. The molecule has 1 aliphatic heterocycles. The van der Waals surface area contributed by atoms with Gasteiger partial charge in [0, 0.05) is 42.1 Å². The van der Waals surface area contributed by atoms with Gasteiger partial charge in [0.05, 0.1) is 5.92 Å². The number of amides is 2. The molecular formula is C19H20ClN3O2. The van der Waals surface area contributed by atoms with Crippen LogP contribution in [-0.4, -0.2) is 29.9 Å². The Morgan fingerprint density at radius 2 is 2.16 bits per heavy atom. The van der Waals surface area contributed by atoms with Crippen LogP contribution < -0.4 is 10.2 Å². The fourth-order valence-corrected chi connectivity index (χ4v) is 3.13. The van der Waals surface area contributed by atoms with Crippen LogP contribution in [0.1, 0.15) is 18.5 Å². The molecule has 1 fully saturated rings. The number of benzene rings is 1. The van der Waals surface area contributed by atoms with Gasteiger partial charge in [0.1, 0.15) is 0 Å². The third-order valence-corrected chi connectivity index (χ3v) is 4.49. The number of hydrogen-bond donors (Lipinski definition) is 1. The molecule has 1 aliphatic rings. The van der Waals surface area contributed by atoms with Crippen molar-refractivity contribution in [2.75, 3.05) is 18.0 Å². The van der Waals surface area contributed by atoms with Gasteiger partial charge in [-0.2, -0.15) is 0 Å². The van der Waals surface area contributed by atoms with Crippen molar-refractivity contribution in [3.63, 3.8) is 0 Å². The summed E-state index contributed by atoms with van der Waals surface area (Å²) in [5, 5.41) is 3.50. The van der Waals surface area contributed by atoms with E-state index in [0.717, 1.165) is 24.2 Å². The highest BCUT2D eigenvalue weighted by atomic mass is 35.5. The van der Waals surface area contributed by atoms with Crippen LogP contribution in [-0.2, 0) is 16.0 Å². The molecule has 2 amide bonds. The highest BCUT2D eigenvalue weighted by Gasteiger charge is 2.34. The topological polar surface area (TPSA) is 62.3 Å². The maximum Gasteiger partial charge on any atom is 0.227 e. The molecule has 2 aromatic rings. The third kappa shape index (κ3) is 4.57. The standard InChI is InChI=1S/C19H20ClN3O2/c20-15-5-3-8-17(12-15)23-13-14(11-18(23)24)19(25)22-10-4-7-16-6-1-2-9-21-16/h1-3,5-6,8-9,12,14H,4,7,10-11,13H2,(H,22,25). The van der Waals surface area contributed by atoms with Crippen LogP contribution in [0.25, 0.3) is 0 Å². The van der Waals surface area contributed by atoms with Crippen LogP contribution in [0.3, 0.4) is 0 Å². The zero-order valence-electron chi connectivity index (χ0n) is 13.8. The van der Waals surface area contributed by atoms with Crippen LogP contribution in [0.5, 0.6) is 0 Å². The van der Waals surface area contributed by atoms with Crippen molar-refractivity contribution in [1.82, 2.24) is 10.3 Å². The van der Waals surface area contributed by atoms with Gasteiger partial charge >= 0.3 is 0 Å². The van der Waals surface area contributed by atoms with Crippen molar-refractivity contribution in [2.45, 2.75) is 19.3 Å². The molecule has 1 saturated heterocycles. The van der Waals surface area contributed by atoms with Crippen LogP contribution in [0.2, 0.25) is 5.02 Å². The van der Waals surface area contributed by atoms with Gasteiger partial charge in [0.15, 0.2) is 0 Å². The number of anilines is 1. The maximum atomic E-state index is 12.3. The molecule has 130 valence electrons. The first-order valence-electron chi connectivity index (χ1n) is 8.37. The van der Waals surface area contributed by atoms with Crippen molar-refractivity contribution < 1.29 is 9.59 Å². The van der Waals surface area contributed by atoms with Crippen molar-refractivity contribution in [3.05, 3.63) is 59.4 Å². The highest BCUT2D eigenvalue weighted by Crippen LogP contribution is 2.27. The van der Waals surface area contributed by atoms with Crippen molar-refractivity contribution >= 4 is 29.1 Å². The number of aromatic nitrogens is 1. The Morgan fingerprint density at radius 3 is 2.92 bits per heavy atom. The second-order valence-corrected chi connectivity index (χ2v) is 6.54. The predicted molar refractivity (Wildman–Crippen MR) is 97.5 cm³/mol. The fraction of sp³-hybridized carbons (Fsp3) is 0.316. The number of nitrogens with one attached hydrogen (secondary N) is 1. The third-order valence-electron chi connectivity index (χ3n) is 4.25. The Balaban J connectivity index is 1.47. The zero-order chi connectivity index (χ0) is 17.6.